The number of ether oxygens (including phenoxy) is 1. The number of hydrogen-bond donors (Lipinski definition) is 1. The minimum absolute atomic E-state index is 0.0983. The molecule has 158 valence electrons. The molecule has 0 bridgehead atoms. The topological polar surface area (TPSA) is 76.5 Å². The number of methoxy groups -OCH3 is 1. The van der Waals surface area contributed by atoms with Crippen LogP contribution in [0.4, 0.5) is 11.4 Å². The number of aromatic nitrogens is 2. The average Bonchev–Trinajstić information content (AvgIpc) is 2.74. The third kappa shape index (κ3) is 5.40. The molecule has 3 aromatic rings. The lowest BCUT2D eigenvalue weighted by atomic mass is 10.2. The minimum atomic E-state index is -0.150. The predicted molar refractivity (Wildman–Crippen MR) is 123 cm³/mol. The maximum atomic E-state index is 12.9. The summed E-state index contributed by atoms with van der Waals surface area (Å²) in [6, 6.07) is 14.9. The van der Waals surface area contributed by atoms with Gasteiger partial charge in [0.05, 0.1) is 16.7 Å². The highest BCUT2D eigenvalue weighted by atomic mass is 32.2. The lowest BCUT2D eigenvalue weighted by molar-refractivity contribution is -0.113. The maximum absolute atomic E-state index is 12.9. The second-order valence-corrected chi connectivity index (χ2v) is 7.94. The molecule has 2 aromatic carbocycles. The van der Waals surface area contributed by atoms with E-state index in [2.05, 4.69) is 10.3 Å². The maximum Gasteiger partial charge on any atom is 0.262 e. The summed E-state index contributed by atoms with van der Waals surface area (Å²) >= 11 is 1.26. The molecule has 0 atom stereocenters. The van der Waals surface area contributed by atoms with Crippen LogP contribution in [-0.4, -0.2) is 49.0 Å². The van der Waals surface area contributed by atoms with E-state index in [9.17, 15) is 9.59 Å². The Balaban J connectivity index is 1.74. The smallest absolute Gasteiger partial charge is 0.262 e. The van der Waals surface area contributed by atoms with E-state index in [4.69, 9.17) is 4.74 Å². The molecule has 30 heavy (non-hydrogen) atoms. The Morgan fingerprint density at radius 3 is 2.60 bits per heavy atom. The van der Waals surface area contributed by atoms with Gasteiger partial charge in [0, 0.05) is 45.7 Å². The monoisotopic (exact) mass is 426 g/mol. The number of rotatable bonds is 9. The van der Waals surface area contributed by atoms with Gasteiger partial charge in [-0.1, -0.05) is 23.9 Å². The molecule has 8 heteroatoms. The summed E-state index contributed by atoms with van der Waals surface area (Å²) in [5.41, 5.74) is 2.32. The number of carbonyl (C=O) groups excluding carboxylic acids is 1. The van der Waals surface area contributed by atoms with Crippen molar-refractivity contribution in [3.8, 4) is 0 Å². The van der Waals surface area contributed by atoms with Crippen LogP contribution >= 0.6 is 11.8 Å². The van der Waals surface area contributed by atoms with Crippen molar-refractivity contribution in [3.05, 3.63) is 58.9 Å². The number of fused-ring (bicyclic) bond motifs is 1. The van der Waals surface area contributed by atoms with Crippen molar-refractivity contribution in [2.45, 2.75) is 18.1 Å². The first-order valence-electron chi connectivity index (χ1n) is 9.68. The second-order valence-electron chi connectivity index (χ2n) is 6.99. The standard InChI is InChI=1S/C22H26N4O3S/c1-25(2)17-11-9-16(10-12-17)23-20(27)15-30-22-24-19-8-5-4-7-18(19)21(28)26(22)13-6-14-29-3/h4-5,7-12H,6,13-15H2,1-3H3,(H,23,27). The van der Waals surface area contributed by atoms with Crippen molar-refractivity contribution in [1.82, 2.24) is 9.55 Å². The summed E-state index contributed by atoms with van der Waals surface area (Å²) in [5, 5.41) is 4.00. The highest BCUT2D eigenvalue weighted by molar-refractivity contribution is 7.99. The molecule has 0 unspecified atom stereocenters. The summed E-state index contributed by atoms with van der Waals surface area (Å²) in [7, 11) is 5.56. The molecule has 0 aliphatic carbocycles. The van der Waals surface area contributed by atoms with E-state index in [1.54, 1.807) is 17.7 Å². The number of anilines is 2. The lowest BCUT2D eigenvalue weighted by Crippen LogP contribution is -2.25. The summed E-state index contributed by atoms with van der Waals surface area (Å²) in [6.45, 7) is 1.03. The van der Waals surface area contributed by atoms with Crippen molar-refractivity contribution < 1.29 is 9.53 Å². The SMILES string of the molecule is COCCCn1c(SCC(=O)Nc2ccc(N(C)C)cc2)nc2ccccc2c1=O. The molecule has 0 aliphatic heterocycles. The van der Waals surface area contributed by atoms with Crippen LogP contribution in [0.3, 0.4) is 0 Å². The fourth-order valence-corrected chi connectivity index (χ4v) is 3.82. The molecule has 0 saturated carbocycles. The Hall–Kier alpha value is -2.84. The van der Waals surface area contributed by atoms with Gasteiger partial charge in [-0.15, -0.1) is 0 Å². The van der Waals surface area contributed by atoms with Crippen LogP contribution in [0.25, 0.3) is 10.9 Å². The molecule has 0 aliphatic rings. The predicted octanol–water partition coefficient (Wildman–Crippen LogP) is 3.23. The summed E-state index contributed by atoms with van der Waals surface area (Å²) < 4.78 is 6.74. The first kappa shape index (κ1) is 21.9. The Morgan fingerprint density at radius 2 is 1.90 bits per heavy atom. The van der Waals surface area contributed by atoms with Crippen molar-refractivity contribution in [1.29, 1.82) is 0 Å². The van der Waals surface area contributed by atoms with Crippen LogP contribution in [0, 0.1) is 0 Å². The number of nitrogens with one attached hydrogen (secondary N) is 1. The molecule has 1 heterocycles. The molecule has 0 fully saturated rings. The molecule has 0 radical (unpaired) electrons. The van der Waals surface area contributed by atoms with E-state index < -0.39 is 0 Å². The van der Waals surface area contributed by atoms with Crippen LogP contribution in [0.15, 0.2) is 58.5 Å². The second kappa shape index (κ2) is 10.3. The summed E-state index contributed by atoms with van der Waals surface area (Å²) in [6.07, 6.45) is 0.689. The van der Waals surface area contributed by atoms with Crippen LogP contribution in [-0.2, 0) is 16.1 Å². The van der Waals surface area contributed by atoms with Crippen molar-refractivity contribution >= 4 is 39.9 Å². The minimum Gasteiger partial charge on any atom is -0.385 e. The number of carbonyl (C=O) groups is 1. The molecule has 1 amide bonds. The van der Waals surface area contributed by atoms with Crippen LogP contribution in [0.2, 0.25) is 0 Å². The number of amides is 1. The van der Waals surface area contributed by atoms with Crippen LogP contribution < -0.4 is 15.8 Å². The van der Waals surface area contributed by atoms with Crippen molar-refractivity contribution in [3.63, 3.8) is 0 Å². The Morgan fingerprint density at radius 1 is 1.17 bits per heavy atom. The van der Waals surface area contributed by atoms with E-state index >= 15 is 0 Å². The summed E-state index contributed by atoms with van der Waals surface area (Å²) in [5.74, 6) is 0.00765. The number of nitrogens with zero attached hydrogens (tertiary/aromatic N) is 3. The third-order valence-corrected chi connectivity index (χ3v) is 5.53. The number of hydrogen-bond acceptors (Lipinski definition) is 6. The zero-order valence-electron chi connectivity index (χ0n) is 17.4. The van der Waals surface area contributed by atoms with E-state index in [1.807, 2.05) is 61.5 Å². The Kier molecular flexibility index (Phi) is 7.48. The van der Waals surface area contributed by atoms with Gasteiger partial charge in [-0.05, 0) is 42.8 Å². The molecule has 7 nitrogen and oxygen atoms in total. The van der Waals surface area contributed by atoms with Crippen LogP contribution in [0.5, 0.6) is 0 Å². The fraction of sp³-hybridized carbons (Fsp3) is 0.318. The fourth-order valence-electron chi connectivity index (χ4n) is 2.99. The largest absolute Gasteiger partial charge is 0.385 e. The molecule has 1 N–H and O–H groups in total. The normalized spacial score (nSPS) is 10.9. The van der Waals surface area contributed by atoms with E-state index in [1.165, 1.54) is 11.8 Å². The van der Waals surface area contributed by atoms with Gasteiger partial charge in [-0.2, -0.15) is 0 Å². The number of benzene rings is 2. The summed E-state index contributed by atoms with van der Waals surface area (Å²) in [4.78, 5) is 32.0. The van der Waals surface area contributed by atoms with Gasteiger partial charge >= 0.3 is 0 Å². The van der Waals surface area contributed by atoms with Gasteiger partial charge in [-0.3, -0.25) is 14.2 Å². The molecule has 3 rings (SSSR count). The first-order valence-corrected chi connectivity index (χ1v) is 10.7. The van der Waals surface area contributed by atoms with E-state index in [0.717, 1.165) is 11.4 Å². The highest BCUT2D eigenvalue weighted by Gasteiger charge is 2.13. The van der Waals surface area contributed by atoms with E-state index in [-0.39, 0.29) is 17.2 Å². The number of thioether (sulfide) groups is 1. The van der Waals surface area contributed by atoms with Gasteiger partial charge in [0.1, 0.15) is 0 Å². The Bertz CT molecular complexity index is 1060. The van der Waals surface area contributed by atoms with Gasteiger partial charge in [0.25, 0.3) is 5.56 Å². The zero-order chi connectivity index (χ0) is 21.5. The molecule has 0 saturated heterocycles. The van der Waals surface area contributed by atoms with Gasteiger partial charge in [0.2, 0.25) is 5.91 Å². The molecule has 0 spiro atoms. The van der Waals surface area contributed by atoms with E-state index in [0.29, 0.717) is 35.6 Å². The lowest BCUT2D eigenvalue weighted by Gasteiger charge is -2.14. The average molecular weight is 427 g/mol. The molecular weight excluding hydrogens is 400 g/mol. The van der Waals surface area contributed by atoms with Crippen LogP contribution in [0.1, 0.15) is 6.42 Å². The van der Waals surface area contributed by atoms with Crippen molar-refractivity contribution in [2.75, 3.05) is 43.8 Å². The zero-order valence-corrected chi connectivity index (χ0v) is 18.2. The quantitative estimate of drug-likeness (QED) is 0.322. The first-order chi connectivity index (χ1) is 14.5. The molecule has 1 aromatic heterocycles. The Labute approximate surface area is 180 Å². The van der Waals surface area contributed by atoms with Gasteiger partial charge in [-0.25, -0.2) is 4.98 Å². The van der Waals surface area contributed by atoms with Gasteiger partial charge in [0.15, 0.2) is 5.16 Å². The molecular formula is C22H26N4O3S. The van der Waals surface area contributed by atoms with Gasteiger partial charge < -0.3 is 15.0 Å². The highest BCUT2D eigenvalue weighted by Crippen LogP contribution is 2.20. The van der Waals surface area contributed by atoms with Crippen molar-refractivity contribution in [2.24, 2.45) is 0 Å². The third-order valence-electron chi connectivity index (χ3n) is 4.56. The number of para-hydroxylation sites is 1.